The number of aliphatic carboxylic acids is 1. The zero-order valence-electron chi connectivity index (χ0n) is 16.7. The number of hydrogen-bond donors (Lipinski definition) is 3. The number of pyridine rings is 1. The Labute approximate surface area is 173 Å². The minimum Gasteiger partial charge on any atom is -0.480 e. The lowest BCUT2D eigenvalue weighted by Crippen LogP contribution is -2.26. The molecule has 1 atom stereocenters. The van der Waals surface area contributed by atoms with Gasteiger partial charge in [0.1, 0.15) is 11.7 Å². The highest BCUT2D eigenvalue weighted by Crippen LogP contribution is 2.40. The summed E-state index contributed by atoms with van der Waals surface area (Å²) >= 11 is 0. The number of aliphatic imine (C=N–C) groups is 1. The van der Waals surface area contributed by atoms with Crippen molar-refractivity contribution in [3.63, 3.8) is 0 Å². The maximum Gasteiger partial charge on any atom is 0.412 e. The third-order valence-corrected chi connectivity index (χ3v) is 5.14. The van der Waals surface area contributed by atoms with E-state index >= 15 is 0 Å². The highest BCUT2D eigenvalue weighted by atomic mass is 16.6. The number of ether oxygens (including phenoxy) is 1. The molecule has 3 heterocycles. The molecule has 1 aromatic carbocycles. The number of benzene rings is 1. The Bertz CT molecular complexity index is 1130. The van der Waals surface area contributed by atoms with Crippen LogP contribution >= 0.6 is 0 Å². The molecular weight excluding hydrogens is 384 g/mol. The predicted molar refractivity (Wildman–Crippen MR) is 112 cm³/mol. The number of carbonyl (C=O) groups excluding carboxylic acids is 1. The van der Waals surface area contributed by atoms with Gasteiger partial charge in [0.2, 0.25) is 0 Å². The van der Waals surface area contributed by atoms with Crippen LogP contribution in [0.1, 0.15) is 36.7 Å². The van der Waals surface area contributed by atoms with E-state index in [1.54, 1.807) is 30.5 Å². The number of carbonyl (C=O) groups is 2. The molecule has 0 saturated heterocycles. The Kier molecular flexibility index (Phi) is 4.99. The Morgan fingerprint density at radius 2 is 2.13 bits per heavy atom. The van der Waals surface area contributed by atoms with Crippen LogP contribution in [0.15, 0.2) is 47.6 Å². The van der Waals surface area contributed by atoms with Gasteiger partial charge in [0.05, 0.1) is 12.2 Å². The SMILES string of the molecule is CC1(C)CN=CC(C(=O)O)c2[nH]c3ccc(OC(=O)NCc4ccccn4)cc3c21. The van der Waals surface area contributed by atoms with E-state index < -0.39 is 18.0 Å². The number of aromatic nitrogens is 2. The van der Waals surface area contributed by atoms with Gasteiger partial charge in [-0.1, -0.05) is 19.9 Å². The van der Waals surface area contributed by atoms with E-state index in [4.69, 9.17) is 4.74 Å². The molecule has 3 aromatic rings. The number of amides is 1. The predicted octanol–water partition coefficient (Wildman–Crippen LogP) is 3.38. The molecule has 30 heavy (non-hydrogen) atoms. The summed E-state index contributed by atoms with van der Waals surface area (Å²) in [6.45, 7) is 4.76. The highest BCUT2D eigenvalue weighted by molar-refractivity contribution is 5.99. The van der Waals surface area contributed by atoms with Crippen LogP contribution in [0.25, 0.3) is 10.9 Å². The van der Waals surface area contributed by atoms with Gasteiger partial charge in [-0.25, -0.2) is 4.79 Å². The first-order valence-electron chi connectivity index (χ1n) is 9.59. The average molecular weight is 406 g/mol. The van der Waals surface area contributed by atoms with Crippen molar-refractivity contribution in [1.29, 1.82) is 0 Å². The third kappa shape index (κ3) is 3.76. The zero-order valence-corrected chi connectivity index (χ0v) is 16.7. The molecule has 1 amide bonds. The molecule has 0 bridgehead atoms. The Hall–Kier alpha value is -3.68. The van der Waals surface area contributed by atoms with Crippen molar-refractivity contribution >= 4 is 29.2 Å². The molecule has 0 fully saturated rings. The van der Waals surface area contributed by atoms with E-state index in [0.29, 0.717) is 18.0 Å². The number of carboxylic acids is 1. The molecular formula is C22H22N4O4. The summed E-state index contributed by atoms with van der Waals surface area (Å²) in [5.74, 6) is -1.44. The van der Waals surface area contributed by atoms with Gasteiger partial charge < -0.3 is 20.1 Å². The number of hydrogen-bond acceptors (Lipinski definition) is 5. The van der Waals surface area contributed by atoms with Crippen molar-refractivity contribution in [1.82, 2.24) is 15.3 Å². The average Bonchev–Trinajstić information content (AvgIpc) is 3.03. The molecule has 4 rings (SSSR count). The summed E-state index contributed by atoms with van der Waals surface area (Å²) in [5.41, 5.74) is 2.62. The number of rotatable bonds is 4. The van der Waals surface area contributed by atoms with Gasteiger partial charge in [-0.3, -0.25) is 14.8 Å². The highest BCUT2D eigenvalue weighted by Gasteiger charge is 2.35. The maximum atomic E-state index is 12.2. The van der Waals surface area contributed by atoms with E-state index in [0.717, 1.165) is 22.2 Å². The molecule has 3 N–H and O–H groups in total. The summed E-state index contributed by atoms with van der Waals surface area (Å²) in [4.78, 5) is 35.7. The second kappa shape index (κ2) is 7.62. The van der Waals surface area contributed by atoms with E-state index in [1.807, 2.05) is 26.0 Å². The first-order valence-corrected chi connectivity index (χ1v) is 9.59. The van der Waals surface area contributed by atoms with Crippen molar-refractivity contribution in [3.05, 3.63) is 59.5 Å². The Morgan fingerprint density at radius 3 is 2.87 bits per heavy atom. The summed E-state index contributed by atoms with van der Waals surface area (Å²) < 4.78 is 5.44. The molecule has 0 aliphatic carbocycles. The number of carboxylic acid groups (broad SMARTS) is 1. The lowest BCUT2D eigenvalue weighted by Gasteiger charge is -2.23. The molecule has 154 valence electrons. The number of fused-ring (bicyclic) bond motifs is 3. The number of H-pyrrole nitrogens is 1. The Morgan fingerprint density at radius 1 is 1.30 bits per heavy atom. The van der Waals surface area contributed by atoms with Crippen LogP contribution in [-0.4, -0.2) is 39.9 Å². The summed E-state index contributed by atoms with van der Waals surface area (Å²) in [7, 11) is 0. The monoisotopic (exact) mass is 406 g/mol. The Balaban J connectivity index is 1.62. The fourth-order valence-corrected chi connectivity index (χ4v) is 3.75. The van der Waals surface area contributed by atoms with E-state index in [-0.39, 0.29) is 12.0 Å². The largest absolute Gasteiger partial charge is 0.480 e. The van der Waals surface area contributed by atoms with E-state index in [2.05, 4.69) is 20.3 Å². The zero-order chi connectivity index (χ0) is 21.3. The number of aromatic amines is 1. The number of nitrogens with zero attached hydrogens (tertiary/aromatic N) is 2. The molecule has 0 saturated carbocycles. The van der Waals surface area contributed by atoms with Crippen LogP contribution in [0.2, 0.25) is 0 Å². The normalized spacial score (nSPS) is 17.2. The van der Waals surface area contributed by atoms with Gasteiger partial charge in [0.15, 0.2) is 0 Å². The van der Waals surface area contributed by atoms with E-state index in [9.17, 15) is 14.7 Å². The standard InChI is InChI=1S/C22H22N4O4/c1-22(2)12-23-11-16(20(27)28)19-18(22)15-9-14(6-7-17(15)26-19)30-21(29)25-10-13-5-3-4-8-24-13/h3-9,11,16,26H,10,12H2,1-2H3,(H,25,29)(H,27,28). The molecule has 1 aliphatic rings. The van der Waals surface area contributed by atoms with Gasteiger partial charge in [-0.15, -0.1) is 0 Å². The van der Waals surface area contributed by atoms with Crippen molar-refractivity contribution < 1.29 is 19.4 Å². The van der Waals surface area contributed by atoms with Crippen molar-refractivity contribution in [2.24, 2.45) is 4.99 Å². The summed E-state index contributed by atoms with van der Waals surface area (Å²) in [6.07, 6.45) is 2.55. The maximum absolute atomic E-state index is 12.2. The topological polar surface area (TPSA) is 117 Å². The fraction of sp³-hybridized carbons (Fsp3) is 0.273. The molecule has 8 nitrogen and oxygen atoms in total. The molecule has 0 spiro atoms. The smallest absolute Gasteiger partial charge is 0.412 e. The minimum absolute atomic E-state index is 0.256. The van der Waals surface area contributed by atoms with Crippen LogP contribution < -0.4 is 10.1 Å². The first-order chi connectivity index (χ1) is 14.3. The third-order valence-electron chi connectivity index (χ3n) is 5.14. The van der Waals surface area contributed by atoms with Crippen molar-refractivity contribution in [2.45, 2.75) is 31.7 Å². The molecule has 2 aromatic heterocycles. The summed E-state index contributed by atoms with van der Waals surface area (Å²) in [6, 6.07) is 10.7. The second-order valence-electron chi connectivity index (χ2n) is 7.87. The van der Waals surface area contributed by atoms with Crippen molar-refractivity contribution in [2.75, 3.05) is 6.54 Å². The van der Waals surface area contributed by atoms with Crippen molar-refractivity contribution in [3.8, 4) is 5.75 Å². The fourth-order valence-electron chi connectivity index (χ4n) is 3.75. The lowest BCUT2D eigenvalue weighted by molar-refractivity contribution is -0.137. The van der Waals surface area contributed by atoms with Crippen LogP contribution in [0.3, 0.4) is 0 Å². The van der Waals surface area contributed by atoms with Crippen LogP contribution in [0.4, 0.5) is 4.79 Å². The minimum atomic E-state index is -0.963. The van der Waals surface area contributed by atoms with Gasteiger partial charge in [0, 0.05) is 41.0 Å². The quantitative estimate of drug-likeness (QED) is 0.614. The van der Waals surface area contributed by atoms with Crippen LogP contribution in [0.5, 0.6) is 5.75 Å². The summed E-state index contributed by atoms with van der Waals surface area (Å²) in [5, 5.41) is 13.1. The molecule has 0 radical (unpaired) electrons. The molecule has 1 unspecified atom stereocenters. The van der Waals surface area contributed by atoms with Crippen LogP contribution in [0, 0.1) is 0 Å². The lowest BCUT2D eigenvalue weighted by atomic mass is 9.81. The molecule has 8 heteroatoms. The van der Waals surface area contributed by atoms with Crippen LogP contribution in [-0.2, 0) is 16.8 Å². The van der Waals surface area contributed by atoms with Gasteiger partial charge >= 0.3 is 12.1 Å². The first kappa shape index (κ1) is 19.6. The molecule has 1 aliphatic heterocycles. The number of nitrogens with one attached hydrogen (secondary N) is 2. The van der Waals surface area contributed by atoms with Gasteiger partial charge in [-0.05, 0) is 35.9 Å². The van der Waals surface area contributed by atoms with Gasteiger partial charge in [0.25, 0.3) is 0 Å². The van der Waals surface area contributed by atoms with Gasteiger partial charge in [-0.2, -0.15) is 0 Å². The van der Waals surface area contributed by atoms with E-state index in [1.165, 1.54) is 6.21 Å². The second-order valence-corrected chi connectivity index (χ2v) is 7.87.